The molecule has 2 aromatic rings. The number of nitrogens with zero attached hydrogens (tertiary/aromatic N) is 1. The highest BCUT2D eigenvalue weighted by molar-refractivity contribution is 9.10. The minimum Gasteiger partial charge on any atom is -0.388 e. The van der Waals surface area contributed by atoms with Gasteiger partial charge in [0.05, 0.1) is 0 Å². The van der Waals surface area contributed by atoms with Crippen LogP contribution in [0.2, 0.25) is 0 Å². The predicted octanol–water partition coefficient (Wildman–Crippen LogP) is 2.10. The van der Waals surface area contributed by atoms with Crippen molar-refractivity contribution in [2.24, 2.45) is 0 Å². The Bertz CT molecular complexity index is 516. The number of aromatic nitrogens is 2. The molecule has 0 spiro atoms. The van der Waals surface area contributed by atoms with E-state index in [0.29, 0.717) is 5.89 Å². The first-order valence-electron chi connectivity index (χ1n) is 3.99. The summed E-state index contributed by atoms with van der Waals surface area (Å²) >= 11 is 3.39. The van der Waals surface area contributed by atoms with Crippen LogP contribution in [0.15, 0.2) is 31.9 Å². The molecule has 1 aromatic heterocycles. The molecule has 72 valence electrons. The molecule has 0 fully saturated rings. The predicted molar refractivity (Wildman–Crippen MR) is 55.0 cm³/mol. The van der Waals surface area contributed by atoms with Crippen LogP contribution in [0.25, 0.3) is 11.5 Å². The van der Waals surface area contributed by atoms with Crippen LogP contribution in [0.4, 0.5) is 0 Å². The van der Waals surface area contributed by atoms with E-state index in [2.05, 4.69) is 26.1 Å². The number of halogens is 1. The number of hydrogen-bond acceptors (Lipinski definition) is 3. The fraction of sp³-hybridized carbons (Fsp3) is 0.111. The maximum atomic E-state index is 10.7. The van der Waals surface area contributed by atoms with Crippen LogP contribution in [0, 0.1) is 6.92 Å². The van der Waals surface area contributed by atoms with Crippen molar-refractivity contribution in [3.63, 3.8) is 0 Å². The highest BCUT2D eigenvalue weighted by atomic mass is 79.9. The van der Waals surface area contributed by atoms with Gasteiger partial charge in [-0.15, -0.1) is 5.10 Å². The van der Waals surface area contributed by atoms with Gasteiger partial charge in [-0.2, -0.15) is 0 Å². The monoisotopic (exact) mass is 254 g/mol. The van der Waals surface area contributed by atoms with Gasteiger partial charge < -0.3 is 4.42 Å². The third-order valence-corrected chi connectivity index (χ3v) is 2.73. The normalized spacial score (nSPS) is 10.4. The summed E-state index contributed by atoms with van der Waals surface area (Å²) in [5.74, 6) is -0.230. The molecule has 14 heavy (non-hydrogen) atoms. The summed E-state index contributed by atoms with van der Waals surface area (Å²) < 4.78 is 5.84. The quantitative estimate of drug-likeness (QED) is 0.848. The molecule has 0 saturated heterocycles. The molecule has 0 saturated carbocycles. The van der Waals surface area contributed by atoms with Crippen molar-refractivity contribution in [1.29, 1.82) is 0 Å². The van der Waals surface area contributed by atoms with Crippen LogP contribution in [-0.2, 0) is 0 Å². The summed E-state index contributed by atoms with van der Waals surface area (Å²) in [6.07, 6.45) is 0. The summed E-state index contributed by atoms with van der Waals surface area (Å²) in [5.41, 5.74) is 1.84. The molecule has 4 nitrogen and oxygen atoms in total. The van der Waals surface area contributed by atoms with Gasteiger partial charge >= 0.3 is 5.76 Å². The molecular formula is C9H7BrN2O2. The highest BCUT2D eigenvalue weighted by Crippen LogP contribution is 2.22. The molecule has 1 aromatic carbocycles. The zero-order valence-corrected chi connectivity index (χ0v) is 8.96. The van der Waals surface area contributed by atoms with Gasteiger partial charge in [-0.3, -0.25) is 0 Å². The maximum Gasteiger partial charge on any atom is 0.434 e. The Morgan fingerprint density at radius 3 is 2.86 bits per heavy atom. The van der Waals surface area contributed by atoms with Gasteiger partial charge in [0.15, 0.2) is 0 Å². The fourth-order valence-corrected chi connectivity index (χ4v) is 1.38. The summed E-state index contributed by atoms with van der Waals surface area (Å²) in [4.78, 5) is 10.7. The Kier molecular flexibility index (Phi) is 2.25. The lowest BCUT2D eigenvalue weighted by molar-refractivity contribution is 0.527. The van der Waals surface area contributed by atoms with Gasteiger partial charge in [0.2, 0.25) is 5.89 Å². The Hall–Kier alpha value is -1.36. The van der Waals surface area contributed by atoms with Crippen molar-refractivity contribution in [1.82, 2.24) is 10.2 Å². The number of aromatic amines is 1. The summed E-state index contributed by atoms with van der Waals surface area (Å²) in [6, 6.07) is 5.61. The first kappa shape index (κ1) is 9.21. The summed E-state index contributed by atoms with van der Waals surface area (Å²) in [5, 5.41) is 5.95. The standard InChI is InChI=1S/C9H7BrN2O2/c1-5-4-6(2-3-7(5)10)8-11-12-9(13)14-8/h2-4H,1H3,(H,12,13). The van der Waals surface area contributed by atoms with Crippen LogP contribution >= 0.6 is 15.9 Å². The molecule has 0 bridgehead atoms. The molecule has 0 unspecified atom stereocenters. The Morgan fingerprint density at radius 2 is 2.29 bits per heavy atom. The van der Waals surface area contributed by atoms with E-state index in [1.165, 1.54) is 0 Å². The molecular weight excluding hydrogens is 248 g/mol. The van der Waals surface area contributed by atoms with Crippen molar-refractivity contribution in [2.45, 2.75) is 6.92 Å². The van der Waals surface area contributed by atoms with Crippen molar-refractivity contribution in [3.8, 4) is 11.5 Å². The van der Waals surface area contributed by atoms with Gasteiger partial charge in [0, 0.05) is 10.0 Å². The van der Waals surface area contributed by atoms with Gasteiger partial charge in [0.1, 0.15) is 0 Å². The maximum absolute atomic E-state index is 10.7. The second-order valence-corrected chi connectivity index (χ2v) is 3.74. The lowest BCUT2D eigenvalue weighted by Crippen LogP contribution is -1.93. The molecule has 0 amide bonds. The zero-order chi connectivity index (χ0) is 10.1. The second-order valence-electron chi connectivity index (χ2n) is 2.88. The van der Waals surface area contributed by atoms with E-state index in [4.69, 9.17) is 4.42 Å². The SMILES string of the molecule is Cc1cc(-c2n[nH]c(=O)o2)ccc1Br. The first-order valence-corrected chi connectivity index (χ1v) is 4.78. The lowest BCUT2D eigenvalue weighted by atomic mass is 10.1. The third-order valence-electron chi connectivity index (χ3n) is 1.84. The Morgan fingerprint density at radius 1 is 1.50 bits per heavy atom. The average molecular weight is 255 g/mol. The van der Waals surface area contributed by atoms with Crippen LogP contribution in [0.1, 0.15) is 5.56 Å². The number of nitrogens with one attached hydrogen (secondary N) is 1. The summed E-state index contributed by atoms with van der Waals surface area (Å²) in [7, 11) is 0. The van der Waals surface area contributed by atoms with Crippen LogP contribution in [0.3, 0.4) is 0 Å². The van der Waals surface area contributed by atoms with E-state index in [0.717, 1.165) is 15.6 Å². The average Bonchev–Trinajstić information content (AvgIpc) is 2.57. The Labute approximate surface area is 88.1 Å². The van der Waals surface area contributed by atoms with Gasteiger partial charge in [0.25, 0.3) is 0 Å². The van der Waals surface area contributed by atoms with Crippen molar-refractivity contribution in [3.05, 3.63) is 38.8 Å². The van der Waals surface area contributed by atoms with Gasteiger partial charge in [-0.25, -0.2) is 9.89 Å². The molecule has 1 N–H and O–H groups in total. The molecule has 0 radical (unpaired) electrons. The van der Waals surface area contributed by atoms with Crippen molar-refractivity contribution >= 4 is 15.9 Å². The number of rotatable bonds is 1. The number of H-pyrrole nitrogens is 1. The minimum absolute atomic E-state index is 0.311. The molecule has 0 aliphatic carbocycles. The van der Waals surface area contributed by atoms with E-state index < -0.39 is 5.76 Å². The molecule has 5 heteroatoms. The zero-order valence-electron chi connectivity index (χ0n) is 7.37. The Balaban J connectivity index is 2.52. The molecule has 0 aliphatic rings. The largest absolute Gasteiger partial charge is 0.434 e. The lowest BCUT2D eigenvalue weighted by Gasteiger charge is -1.98. The third kappa shape index (κ3) is 1.63. The van der Waals surface area contributed by atoms with E-state index in [1.54, 1.807) is 0 Å². The summed E-state index contributed by atoms with van der Waals surface area (Å²) in [6.45, 7) is 1.96. The number of aryl methyl sites for hydroxylation is 1. The second kappa shape index (κ2) is 3.42. The van der Waals surface area contributed by atoms with Crippen molar-refractivity contribution < 1.29 is 4.42 Å². The van der Waals surface area contributed by atoms with E-state index in [9.17, 15) is 4.79 Å². The number of hydrogen-bond donors (Lipinski definition) is 1. The smallest absolute Gasteiger partial charge is 0.388 e. The topological polar surface area (TPSA) is 58.9 Å². The van der Waals surface area contributed by atoms with E-state index in [1.807, 2.05) is 25.1 Å². The minimum atomic E-state index is -0.541. The fourth-order valence-electron chi connectivity index (χ4n) is 1.13. The van der Waals surface area contributed by atoms with E-state index >= 15 is 0 Å². The molecule has 0 aliphatic heterocycles. The van der Waals surface area contributed by atoms with Gasteiger partial charge in [-0.05, 0) is 30.7 Å². The van der Waals surface area contributed by atoms with Gasteiger partial charge in [-0.1, -0.05) is 15.9 Å². The molecule has 0 atom stereocenters. The van der Waals surface area contributed by atoms with Crippen LogP contribution in [0.5, 0.6) is 0 Å². The molecule has 1 heterocycles. The van der Waals surface area contributed by atoms with Crippen molar-refractivity contribution in [2.75, 3.05) is 0 Å². The van der Waals surface area contributed by atoms with Crippen LogP contribution in [-0.4, -0.2) is 10.2 Å². The number of benzene rings is 1. The highest BCUT2D eigenvalue weighted by Gasteiger charge is 2.05. The molecule has 2 rings (SSSR count). The first-order chi connectivity index (χ1) is 6.66. The van der Waals surface area contributed by atoms with E-state index in [-0.39, 0.29) is 0 Å². The van der Waals surface area contributed by atoms with Crippen LogP contribution < -0.4 is 5.76 Å².